The summed E-state index contributed by atoms with van der Waals surface area (Å²) in [6, 6.07) is 1.52. The van der Waals surface area contributed by atoms with Gasteiger partial charge in [-0.05, 0) is 26.9 Å². The molecule has 110 valence electrons. The van der Waals surface area contributed by atoms with E-state index in [0.717, 1.165) is 52.1 Å². The Kier molecular flexibility index (Phi) is 4.10. The monoisotopic (exact) mass is 270 g/mol. The summed E-state index contributed by atoms with van der Waals surface area (Å²) in [4.78, 5) is 2.49. The van der Waals surface area contributed by atoms with E-state index < -0.39 is 0 Å². The zero-order valence-corrected chi connectivity index (χ0v) is 12.1. The van der Waals surface area contributed by atoms with Crippen LogP contribution in [0.4, 0.5) is 0 Å². The van der Waals surface area contributed by atoms with Gasteiger partial charge in [-0.3, -0.25) is 4.90 Å². The van der Waals surface area contributed by atoms with Gasteiger partial charge in [0.2, 0.25) is 0 Å². The van der Waals surface area contributed by atoms with Crippen LogP contribution in [0.15, 0.2) is 0 Å². The lowest BCUT2D eigenvalue weighted by Gasteiger charge is -2.46. The highest BCUT2D eigenvalue weighted by atomic mass is 16.7. The quantitative estimate of drug-likeness (QED) is 0.813. The van der Waals surface area contributed by atoms with Crippen LogP contribution in [-0.2, 0) is 14.2 Å². The van der Waals surface area contributed by atoms with E-state index in [4.69, 9.17) is 14.2 Å². The Bertz CT molecular complexity index is 301. The highest BCUT2D eigenvalue weighted by Gasteiger charge is 2.47. The average molecular weight is 270 g/mol. The molecule has 5 nitrogen and oxygen atoms in total. The van der Waals surface area contributed by atoms with Gasteiger partial charge in [-0.1, -0.05) is 0 Å². The molecule has 5 heteroatoms. The van der Waals surface area contributed by atoms with Gasteiger partial charge in [0, 0.05) is 37.6 Å². The van der Waals surface area contributed by atoms with Crippen molar-refractivity contribution in [2.45, 2.75) is 49.6 Å². The molecule has 0 amide bonds. The lowest BCUT2D eigenvalue weighted by atomic mass is 9.84. The van der Waals surface area contributed by atoms with Gasteiger partial charge < -0.3 is 19.5 Å². The van der Waals surface area contributed by atoms with E-state index in [1.54, 1.807) is 0 Å². The maximum absolute atomic E-state index is 5.91. The molecular weight excluding hydrogens is 244 g/mol. The molecule has 0 aromatic rings. The third-order valence-electron chi connectivity index (χ3n) is 5.01. The molecule has 1 spiro atoms. The summed E-state index contributed by atoms with van der Waals surface area (Å²) < 4.78 is 17.3. The van der Waals surface area contributed by atoms with Gasteiger partial charge >= 0.3 is 0 Å². The zero-order valence-electron chi connectivity index (χ0n) is 12.1. The minimum Gasteiger partial charge on any atom is -0.380 e. The van der Waals surface area contributed by atoms with Crippen LogP contribution in [0.1, 0.15) is 25.7 Å². The van der Waals surface area contributed by atoms with Crippen LogP contribution < -0.4 is 5.32 Å². The SMILES string of the molecule is CNC1CCC2(CC1N(C)C1CCOC1)OCCO2. The fourth-order valence-electron chi connectivity index (χ4n) is 3.77. The summed E-state index contributed by atoms with van der Waals surface area (Å²) >= 11 is 0. The maximum Gasteiger partial charge on any atom is 0.170 e. The molecule has 0 radical (unpaired) electrons. The van der Waals surface area contributed by atoms with Crippen LogP contribution in [0.3, 0.4) is 0 Å². The van der Waals surface area contributed by atoms with E-state index in [2.05, 4.69) is 24.3 Å². The van der Waals surface area contributed by atoms with Crippen molar-refractivity contribution in [2.75, 3.05) is 40.5 Å². The molecule has 1 saturated carbocycles. The van der Waals surface area contributed by atoms with E-state index in [1.807, 2.05) is 0 Å². The molecule has 1 aliphatic carbocycles. The second-order valence-electron chi connectivity index (χ2n) is 6.00. The molecule has 3 atom stereocenters. The van der Waals surface area contributed by atoms with Crippen LogP contribution in [0.5, 0.6) is 0 Å². The largest absolute Gasteiger partial charge is 0.380 e. The van der Waals surface area contributed by atoms with Gasteiger partial charge in [0.05, 0.1) is 19.8 Å². The topological polar surface area (TPSA) is 43.0 Å². The lowest BCUT2D eigenvalue weighted by Crippen LogP contribution is -2.58. The van der Waals surface area contributed by atoms with Gasteiger partial charge in [-0.2, -0.15) is 0 Å². The van der Waals surface area contributed by atoms with Crippen LogP contribution in [-0.4, -0.2) is 69.3 Å². The van der Waals surface area contributed by atoms with Crippen molar-refractivity contribution >= 4 is 0 Å². The predicted molar refractivity (Wildman–Crippen MR) is 72.1 cm³/mol. The Morgan fingerprint density at radius 1 is 1.16 bits per heavy atom. The number of hydrogen-bond donors (Lipinski definition) is 1. The Morgan fingerprint density at radius 2 is 1.95 bits per heavy atom. The fourth-order valence-corrected chi connectivity index (χ4v) is 3.77. The molecule has 2 heterocycles. The summed E-state index contributed by atoms with van der Waals surface area (Å²) in [7, 11) is 4.29. The molecule has 2 saturated heterocycles. The van der Waals surface area contributed by atoms with E-state index in [1.165, 1.54) is 0 Å². The van der Waals surface area contributed by atoms with Crippen molar-refractivity contribution in [3.8, 4) is 0 Å². The van der Waals surface area contributed by atoms with Gasteiger partial charge in [-0.15, -0.1) is 0 Å². The summed E-state index contributed by atoms with van der Waals surface area (Å²) in [6.07, 6.45) is 4.22. The number of nitrogens with zero attached hydrogens (tertiary/aromatic N) is 1. The first-order valence-corrected chi connectivity index (χ1v) is 7.49. The molecule has 3 unspecified atom stereocenters. The van der Waals surface area contributed by atoms with Crippen molar-refractivity contribution in [2.24, 2.45) is 0 Å². The van der Waals surface area contributed by atoms with Gasteiger partial charge in [0.1, 0.15) is 0 Å². The molecule has 2 aliphatic heterocycles. The van der Waals surface area contributed by atoms with Gasteiger partial charge in [-0.25, -0.2) is 0 Å². The molecule has 0 bridgehead atoms. The Morgan fingerprint density at radius 3 is 2.58 bits per heavy atom. The first-order chi connectivity index (χ1) is 9.24. The van der Waals surface area contributed by atoms with Crippen LogP contribution in [0.2, 0.25) is 0 Å². The Labute approximate surface area is 115 Å². The lowest BCUT2D eigenvalue weighted by molar-refractivity contribution is -0.193. The standard InChI is InChI=1S/C14H26N2O3/c1-15-12-3-5-14(18-7-8-19-14)9-13(12)16(2)11-4-6-17-10-11/h11-13,15H,3-10H2,1-2H3. The summed E-state index contributed by atoms with van der Waals surface area (Å²) in [6.45, 7) is 3.24. The third kappa shape index (κ3) is 2.67. The molecule has 0 aromatic carbocycles. The summed E-state index contributed by atoms with van der Waals surface area (Å²) in [5.41, 5.74) is 0. The average Bonchev–Trinajstić information content (AvgIpc) is 3.10. The van der Waals surface area contributed by atoms with Crippen LogP contribution in [0, 0.1) is 0 Å². The third-order valence-corrected chi connectivity index (χ3v) is 5.01. The number of ether oxygens (including phenoxy) is 3. The number of hydrogen-bond acceptors (Lipinski definition) is 5. The van der Waals surface area contributed by atoms with E-state index >= 15 is 0 Å². The first-order valence-electron chi connectivity index (χ1n) is 7.49. The Hall–Kier alpha value is -0.200. The zero-order chi connectivity index (χ0) is 13.3. The molecule has 3 aliphatic rings. The molecule has 0 aromatic heterocycles. The van der Waals surface area contributed by atoms with E-state index in [0.29, 0.717) is 18.1 Å². The highest BCUT2D eigenvalue weighted by molar-refractivity contribution is 4.97. The number of nitrogens with one attached hydrogen (secondary N) is 1. The second-order valence-corrected chi connectivity index (χ2v) is 6.00. The number of likely N-dealkylation sites (N-methyl/N-ethyl adjacent to an activating group) is 2. The van der Waals surface area contributed by atoms with Gasteiger partial charge in [0.25, 0.3) is 0 Å². The minimum absolute atomic E-state index is 0.314. The molecule has 3 rings (SSSR count). The molecular formula is C14H26N2O3. The minimum atomic E-state index is -0.314. The highest BCUT2D eigenvalue weighted by Crippen LogP contribution is 2.38. The van der Waals surface area contributed by atoms with Crippen molar-refractivity contribution < 1.29 is 14.2 Å². The van der Waals surface area contributed by atoms with Crippen molar-refractivity contribution in [1.29, 1.82) is 0 Å². The number of rotatable bonds is 3. The maximum atomic E-state index is 5.91. The summed E-state index contributed by atoms with van der Waals surface area (Å²) in [5, 5.41) is 3.47. The molecule has 19 heavy (non-hydrogen) atoms. The van der Waals surface area contributed by atoms with Crippen molar-refractivity contribution in [3.05, 3.63) is 0 Å². The predicted octanol–water partition coefficient (Wildman–Crippen LogP) is 0.591. The van der Waals surface area contributed by atoms with Gasteiger partial charge in [0.15, 0.2) is 5.79 Å². The van der Waals surface area contributed by atoms with Crippen LogP contribution >= 0.6 is 0 Å². The molecule has 1 N–H and O–H groups in total. The fraction of sp³-hybridized carbons (Fsp3) is 1.00. The van der Waals surface area contributed by atoms with Crippen LogP contribution in [0.25, 0.3) is 0 Å². The molecule has 3 fully saturated rings. The first kappa shape index (κ1) is 13.8. The normalized spacial score (nSPS) is 38.4. The Balaban J connectivity index is 1.70. The van der Waals surface area contributed by atoms with Crippen molar-refractivity contribution in [3.63, 3.8) is 0 Å². The van der Waals surface area contributed by atoms with E-state index in [-0.39, 0.29) is 5.79 Å². The smallest absolute Gasteiger partial charge is 0.170 e. The van der Waals surface area contributed by atoms with E-state index in [9.17, 15) is 0 Å². The summed E-state index contributed by atoms with van der Waals surface area (Å²) in [5.74, 6) is -0.314. The van der Waals surface area contributed by atoms with Crippen molar-refractivity contribution in [1.82, 2.24) is 10.2 Å². The second kappa shape index (κ2) is 5.66.